The lowest BCUT2D eigenvalue weighted by Gasteiger charge is -2.27. The molecule has 2 aromatic heterocycles. The van der Waals surface area contributed by atoms with Crippen LogP contribution in [0.5, 0.6) is 0 Å². The zero-order chi connectivity index (χ0) is 20.1. The van der Waals surface area contributed by atoms with Crippen LogP contribution in [0.3, 0.4) is 0 Å². The van der Waals surface area contributed by atoms with Crippen LogP contribution < -0.4 is 5.69 Å². The number of aromatic nitrogens is 4. The fourth-order valence-corrected chi connectivity index (χ4v) is 3.70. The Hall–Kier alpha value is -2.72. The van der Waals surface area contributed by atoms with Gasteiger partial charge in [0.1, 0.15) is 23.5 Å². The van der Waals surface area contributed by atoms with Gasteiger partial charge in [0.25, 0.3) is 5.92 Å². The molecule has 1 saturated heterocycles. The quantitative estimate of drug-likeness (QED) is 0.734. The molecule has 1 unspecified atom stereocenters. The van der Waals surface area contributed by atoms with Crippen molar-refractivity contribution in [3.8, 4) is 0 Å². The first kappa shape index (κ1) is 18.6. The number of carbonyl (C=O) groups is 1. The first-order valence-electron chi connectivity index (χ1n) is 8.90. The van der Waals surface area contributed by atoms with E-state index in [1.807, 2.05) is 0 Å². The molecule has 2 aliphatic rings. The van der Waals surface area contributed by atoms with Gasteiger partial charge in [-0.15, -0.1) is 0 Å². The summed E-state index contributed by atoms with van der Waals surface area (Å²) in [5.41, 5.74) is -0.814. The van der Waals surface area contributed by atoms with E-state index in [0.717, 1.165) is 15.8 Å². The summed E-state index contributed by atoms with van der Waals surface area (Å²) in [5, 5.41) is 4.14. The number of aryl methyl sites for hydroxylation is 1. The Balaban J connectivity index is 1.63. The van der Waals surface area contributed by atoms with E-state index in [4.69, 9.17) is 0 Å². The maximum atomic E-state index is 13.8. The van der Waals surface area contributed by atoms with Crippen LogP contribution in [0.25, 0.3) is 0 Å². The fourth-order valence-electron chi connectivity index (χ4n) is 3.70. The third-order valence-corrected chi connectivity index (χ3v) is 5.08. The molecule has 2 aliphatic heterocycles. The van der Waals surface area contributed by atoms with E-state index in [9.17, 15) is 27.2 Å². The van der Waals surface area contributed by atoms with E-state index in [1.165, 1.54) is 4.57 Å². The maximum Gasteiger partial charge on any atom is 0.347 e. The molecule has 0 radical (unpaired) electrons. The standard InChI is InChI=1S/C17H17F4N5O2/c18-10-6-11(19)12(22-7-10)8-25-16(28)26-13(2-1-3-14(26)23-25)15(27)24-5-4-17(20,21)9-24/h6-7,13H,1-5,8-9H2. The summed E-state index contributed by atoms with van der Waals surface area (Å²) in [6, 6.07) is -0.256. The van der Waals surface area contributed by atoms with Crippen LogP contribution in [0, 0.1) is 11.6 Å². The largest absolute Gasteiger partial charge is 0.347 e. The summed E-state index contributed by atoms with van der Waals surface area (Å²) in [6.45, 7) is -1.05. The summed E-state index contributed by atoms with van der Waals surface area (Å²) >= 11 is 0. The highest BCUT2D eigenvalue weighted by atomic mass is 19.3. The zero-order valence-electron chi connectivity index (χ0n) is 14.7. The summed E-state index contributed by atoms with van der Waals surface area (Å²) in [6.07, 6.45) is 1.77. The minimum atomic E-state index is -2.92. The topological polar surface area (TPSA) is 73.0 Å². The fraction of sp³-hybridized carbons (Fsp3) is 0.529. The lowest BCUT2D eigenvalue weighted by molar-refractivity contribution is -0.135. The zero-order valence-corrected chi connectivity index (χ0v) is 14.7. The second-order valence-corrected chi connectivity index (χ2v) is 7.08. The van der Waals surface area contributed by atoms with E-state index < -0.39 is 48.2 Å². The van der Waals surface area contributed by atoms with E-state index >= 15 is 0 Å². The number of amides is 1. The van der Waals surface area contributed by atoms with Crippen molar-refractivity contribution in [2.24, 2.45) is 0 Å². The second-order valence-electron chi connectivity index (χ2n) is 7.08. The van der Waals surface area contributed by atoms with Crippen LogP contribution in [-0.4, -0.2) is 49.2 Å². The van der Waals surface area contributed by atoms with Gasteiger partial charge in [-0.05, 0) is 12.8 Å². The molecular weight excluding hydrogens is 382 g/mol. The van der Waals surface area contributed by atoms with Crippen molar-refractivity contribution in [3.05, 3.63) is 45.9 Å². The van der Waals surface area contributed by atoms with Crippen LogP contribution in [-0.2, 0) is 17.8 Å². The SMILES string of the molecule is O=C(C1CCCc2nn(Cc3ncc(F)cc3F)c(=O)n21)N1CCC(F)(F)C1. The Morgan fingerprint density at radius 3 is 2.79 bits per heavy atom. The Morgan fingerprint density at radius 1 is 1.32 bits per heavy atom. The number of fused-ring (bicyclic) bond motifs is 1. The average molecular weight is 399 g/mol. The summed E-state index contributed by atoms with van der Waals surface area (Å²) < 4.78 is 55.9. The lowest BCUT2D eigenvalue weighted by atomic mass is 10.0. The van der Waals surface area contributed by atoms with Crippen molar-refractivity contribution in [2.75, 3.05) is 13.1 Å². The molecule has 7 nitrogen and oxygen atoms in total. The van der Waals surface area contributed by atoms with Crippen molar-refractivity contribution in [3.63, 3.8) is 0 Å². The molecule has 11 heteroatoms. The van der Waals surface area contributed by atoms with Crippen molar-refractivity contribution in [1.29, 1.82) is 0 Å². The predicted molar refractivity (Wildman–Crippen MR) is 87.9 cm³/mol. The molecule has 0 spiro atoms. The van der Waals surface area contributed by atoms with Gasteiger partial charge in [0, 0.05) is 25.5 Å². The highest BCUT2D eigenvalue weighted by Gasteiger charge is 2.43. The highest BCUT2D eigenvalue weighted by Crippen LogP contribution is 2.31. The van der Waals surface area contributed by atoms with E-state index in [-0.39, 0.29) is 18.8 Å². The number of likely N-dealkylation sites (tertiary alicyclic amines) is 1. The Bertz CT molecular complexity index is 986. The van der Waals surface area contributed by atoms with Crippen molar-refractivity contribution >= 4 is 5.91 Å². The third-order valence-electron chi connectivity index (χ3n) is 5.08. The van der Waals surface area contributed by atoms with Crippen LogP contribution in [0.1, 0.15) is 36.8 Å². The number of alkyl halides is 2. The molecule has 1 amide bonds. The van der Waals surface area contributed by atoms with E-state index in [1.54, 1.807) is 0 Å². The van der Waals surface area contributed by atoms with Crippen LogP contribution >= 0.6 is 0 Å². The normalized spacial score (nSPS) is 21.0. The monoisotopic (exact) mass is 399 g/mol. The van der Waals surface area contributed by atoms with Gasteiger partial charge in [0.2, 0.25) is 5.91 Å². The highest BCUT2D eigenvalue weighted by molar-refractivity contribution is 5.81. The number of hydrogen-bond donors (Lipinski definition) is 0. The number of halogens is 4. The Labute approximate surface area is 156 Å². The molecule has 1 fully saturated rings. The minimum Gasteiger partial charge on any atom is -0.335 e. The number of rotatable bonds is 3. The molecule has 0 aromatic carbocycles. The van der Waals surface area contributed by atoms with Gasteiger partial charge in [-0.2, -0.15) is 5.10 Å². The van der Waals surface area contributed by atoms with E-state index in [0.29, 0.717) is 31.2 Å². The van der Waals surface area contributed by atoms with Crippen LogP contribution in [0.15, 0.2) is 17.1 Å². The van der Waals surface area contributed by atoms with Gasteiger partial charge in [-0.1, -0.05) is 0 Å². The van der Waals surface area contributed by atoms with Gasteiger partial charge in [0.15, 0.2) is 0 Å². The molecule has 150 valence electrons. The van der Waals surface area contributed by atoms with Gasteiger partial charge in [0.05, 0.1) is 25.0 Å². The molecule has 4 rings (SSSR count). The second kappa shape index (κ2) is 6.71. The molecule has 4 heterocycles. The molecule has 0 aliphatic carbocycles. The first-order chi connectivity index (χ1) is 13.2. The molecule has 0 saturated carbocycles. The number of hydrogen-bond acceptors (Lipinski definition) is 4. The summed E-state index contributed by atoms with van der Waals surface area (Å²) in [4.78, 5) is 30.2. The van der Waals surface area contributed by atoms with Gasteiger partial charge < -0.3 is 4.90 Å². The molecular formula is C17H17F4N5O2. The Kier molecular flexibility index (Phi) is 4.47. The van der Waals surface area contributed by atoms with Crippen molar-refractivity contribution < 1.29 is 22.4 Å². The maximum absolute atomic E-state index is 13.8. The molecule has 0 bridgehead atoms. The Morgan fingerprint density at radius 2 is 2.11 bits per heavy atom. The van der Waals surface area contributed by atoms with Gasteiger partial charge >= 0.3 is 5.69 Å². The molecule has 28 heavy (non-hydrogen) atoms. The summed E-state index contributed by atoms with van der Waals surface area (Å²) in [7, 11) is 0. The lowest BCUT2D eigenvalue weighted by Crippen LogP contribution is -2.42. The summed E-state index contributed by atoms with van der Waals surface area (Å²) in [5.74, 6) is -4.88. The predicted octanol–water partition coefficient (Wildman–Crippen LogP) is 1.51. The number of pyridine rings is 1. The molecule has 1 atom stereocenters. The number of nitrogens with zero attached hydrogens (tertiary/aromatic N) is 5. The van der Waals surface area contributed by atoms with Crippen LogP contribution in [0.4, 0.5) is 17.6 Å². The van der Waals surface area contributed by atoms with Gasteiger partial charge in [-0.25, -0.2) is 27.0 Å². The third kappa shape index (κ3) is 3.29. The molecule has 2 aromatic rings. The van der Waals surface area contributed by atoms with Crippen molar-refractivity contribution in [2.45, 2.75) is 44.2 Å². The van der Waals surface area contributed by atoms with Gasteiger partial charge in [-0.3, -0.25) is 14.3 Å². The average Bonchev–Trinajstić information content (AvgIpc) is 3.16. The van der Waals surface area contributed by atoms with Crippen LogP contribution in [0.2, 0.25) is 0 Å². The number of carbonyl (C=O) groups excluding carboxylic acids is 1. The smallest absolute Gasteiger partial charge is 0.335 e. The first-order valence-corrected chi connectivity index (χ1v) is 8.90. The van der Waals surface area contributed by atoms with Crippen molar-refractivity contribution in [1.82, 2.24) is 24.2 Å². The molecule has 0 N–H and O–H groups in total. The van der Waals surface area contributed by atoms with E-state index in [2.05, 4.69) is 10.1 Å². The minimum absolute atomic E-state index is 0.0642.